The van der Waals surface area contributed by atoms with Crippen molar-refractivity contribution in [2.24, 2.45) is 5.90 Å². The molecule has 4 atom stereocenters. The molecule has 13 heavy (non-hydrogen) atoms. The number of hydrogen-bond donors (Lipinski definition) is 3. The van der Waals surface area contributed by atoms with Crippen LogP contribution in [0.25, 0.3) is 0 Å². The van der Waals surface area contributed by atoms with Gasteiger partial charge in [-0.15, -0.1) is 0 Å². The lowest BCUT2D eigenvalue weighted by Gasteiger charge is -2.17. The number of rotatable bonds is 4. The molecule has 74 valence electrons. The topological polar surface area (TPSA) is 94.2 Å². The normalized spacial score (nSPS) is 39.6. The molecule has 6 nitrogen and oxygen atoms in total. The zero-order valence-corrected chi connectivity index (χ0v) is 7.00. The van der Waals surface area contributed by atoms with E-state index in [1.165, 1.54) is 0 Å². The van der Waals surface area contributed by atoms with Crippen LogP contribution in [0, 0.1) is 0 Å². The molecule has 0 aromatic heterocycles. The highest BCUT2D eigenvalue weighted by atomic mass is 16.7. The molecule has 1 fully saturated rings. The van der Waals surface area contributed by atoms with Gasteiger partial charge in [0.1, 0.15) is 26.2 Å². The first kappa shape index (κ1) is 10.9. The summed E-state index contributed by atoms with van der Waals surface area (Å²) in [6.45, 7) is -0.491. The highest BCUT2D eigenvalue weighted by Crippen LogP contribution is 2.21. The number of ether oxygens (including phenoxy) is 2. The van der Waals surface area contributed by atoms with Gasteiger partial charge in [-0.1, -0.05) is 0 Å². The van der Waals surface area contributed by atoms with Crippen LogP contribution in [-0.2, 0) is 14.3 Å². The van der Waals surface area contributed by atoms with Gasteiger partial charge in [-0.3, -0.25) is 4.84 Å². The smallest absolute Gasteiger partial charge is 0.167 e. The van der Waals surface area contributed by atoms with Crippen LogP contribution in [0.15, 0.2) is 0 Å². The van der Waals surface area contributed by atoms with Gasteiger partial charge in [0.15, 0.2) is 6.79 Å². The third kappa shape index (κ3) is 2.40. The molecular weight excluding hydrogens is 177 g/mol. The number of nitrogens with two attached hydrogens (primary N) is 1. The van der Waals surface area contributed by atoms with Gasteiger partial charge in [0, 0.05) is 6.00 Å². The lowest BCUT2D eigenvalue weighted by molar-refractivity contribution is -0.119. The summed E-state index contributed by atoms with van der Waals surface area (Å²) in [4.78, 5) is 4.16. The summed E-state index contributed by atoms with van der Waals surface area (Å²) < 4.78 is 9.94. The van der Waals surface area contributed by atoms with Crippen LogP contribution in [0.3, 0.4) is 0 Å². The quantitative estimate of drug-likeness (QED) is 0.256. The fraction of sp³-hybridized carbons (Fsp3) is 1.00. The van der Waals surface area contributed by atoms with Gasteiger partial charge in [0.05, 0.1) is 6.61 Å². The van der Waals surface area contributed by atoms with Gasteiger partial charge in [-0.25, -0.2) is 5.90 Å². The van der Waals surface area contributed by atoms with E-state index in [1.807, 2.05) is 0 Å². The maximum atomic E-state index is 9.46. The van der Waals surface area contributed by atoms with Crippen molar-refractivity contribution in [1.82, 2.24) is 0 Å². The molecule has 0 aromatic rings. The second-order valence-electron chi connectivity index (χ2n) is 2.73. The second-order valence-corrected chi connectivity index (χ2v) is 2.73. The van der Waals surface area contributed by atoms with Gasteiger partial charge in [0.2, 0.25) is 0 Å². The Bertz CT molecular complexity index is 160. The molecule has 1 aliphatic rings. The van der Waals surface area contributed by atoms with Gasteiger partial charge in [-0.05, 0) is 0 Å². The zero-order valence-electron chi connectivity index (χ0n) is 7.00. The summed E-state index contributed by atoms with van der Waals surface area (Å²) in [6.07, 6.45) is -2.39. The van der Waals surface area contributed by atoms with E-state index in [0.29, 0.717) is 0 Å². The standard InChI is InChI=1S/C6H12BNO5/c7-6-5(11-2-12-8)4(10)3(1-9)13-6/h3-6,9-10H,1-2,8H2/t3-,4?,5+,6-/m1/s1. The van der Waals surface area contributed by atoms with Crippen molar-refractivity contribution in [2.45, 2.75) is 24.3 Å². The van der Waals surface area contributed by atoms with Crippen molar-refractivity contribution in [1.29, 1.82) is 0 Å². The van der Waals surface area contributed by atoms with Crippen LogP contribution in [-0.4, -0.2) is 55.8 Å². The predicted molar refractivity (Wildman–Crippen MR) is 42.5 cm³/mol. The molecular formula is C6H12BNO5. The Balaban J connectivity index is 2.44. The molecule has 1 heterocycles. The molecule has 0 spiro atoms. The van der Waals surface area contributed by atoms with Crippen LogP contribution in [0.5, 0.6) is 0 Å². The fourth-order valence-corrected chi connectivity index (χ4v) is 1.23. The minimum atomic E-state index is -0.963. The first-order valence-corrected chi connectivity index (χ1v) is 3.84. The SMILES string of the molecule is [B][C@@H]1O[C@H](CO)C(O)[C@@H]1OCON. The molecule has 1 rings (SSSR count). The molecule has 2 radical (unpaired) electrons. The summed E-state index contributed by atoms with van der Waals surface area (Å²) in [5, 5.41) is 18.2. The van der Waals surface area contributed by atoms with Gasteiger partial charge < -0.3 is 19.7 Å². The Hall–Kier alpha value is -0.175. The molecule has 0 amide bonds. The second kappa shape index (κ2) is 4.89. The van der Waals surface area contributed by atoms with E-state index in [2.05, 4.69) is 4.84 Å². The fourth-order valence-electron chi connectivity index (χ4n) is 1.23. The van der Waals surface area contributed by atoms with Crippen LogP contribution in [0.1, 0.15) is 0 Å². The molecule has 1 saturated heterocycles. The number of hydrogen-bond acceptors (Lipinski definition) is 6. The monoisotopic (exact) mass is 189 g/mol. The van der Waals surface area contributed by atoms with Crippen molar-refractivity contribution in [3.05, 3.63) is 0 Å². The average Bonchev–Trinajstić information content (AvgIpc) is 2.39. The van der Waals surface area contributed by atoms with Crippen molar-refractivity contribution in [3.63, 3.8) is 0 Å². The van der Waals surface area contributed by atoms with Crippen molar-refractivity contribution in [2.75, 3.05) is 13.4 Å². The molecule has 0 saturated carbocycles. The first-order chi connectivity index (χ1) is 6.20. The average molecular weight is 189 g/mol. The van der Waals surface area contributed by atoms with Crippen LogP contribution >= 0.6 is 0 Å². The van der Waals surface area contributed by atoms with E-state index < -0.39 is 24.3 Å². The van der Waals surface area contributed by atoms with Crippen molar-refractivity contribution < 1.29 is 24.5 Å². The summed E-state index contributed by atoms with van der Waals surface area (Å²) >= 11 is 0. The highest BCUT2D eigenvalue weighted by Gasteiger charge is 2.41. The van der Waals surface area contributed by atoms with Crippen molar-refractivity contribution >= 4 is 7.85 Å². The maximum absolute atomic E-state index is 9.46. The maximum Gasteiger partial charge on any atom is 0.167 e. The van der Waals surface area contributed by atoms with Crippen LogP contribution in [0.4, 0.5) is 0 Å². The third-order valence-corrected chi connectivity index (χ3v) is 1.88. The zero-order chi connectivity index (χ0) is 9.84. The Labute approximate surface area is 76.9 Å². The third-order valence-electron chi connectivity index (χ3n) is 1.88. The van der Waals surface area contributed by atoms with Gasteiger partial charge >= 0.3 is 0 Å². The Morgan fingerprint density at radius 2 is 2.23 bits per heavy atom. The predicted octanol–water partition coefficient (Wildman–Crippen LogP) is -2.53. The van der Waals surface area contributed by atoms with E-state index in [0.717, 1.165) is 0 Å². The molecule has 1 aliphatic heterocycles. The molecule has 7 heteroatoms. The van der Waals surface area contributed by atoms with Gasteiger partial charge in [-0.2, -0.15) is 0 Å². The number of aliphatic hydroxyl groups is 2. The van der Waals surface area contributed by atoms with Gasteiger partial charge in [0.25, 0.3) is 0 Å². The van der Waals surface area contributed by atoms with E-state index in [-0.39, 0.29) is 13.4 Å². The largest absolute Gasteiger partial charge is 0.394 e. The minimum absolute atomic E-state index is 0.184. The molecule has 0 bridgehead atoms. The van der Waals surface area contributed by atoms with Crippen LogP contribution in [0.2, 0.25) is 0 Å². The van der Waals surface area contributed by atoms with E-state index >= 15 is 0 Å². The highest BCUT2D eigenvalue weighted by molar-refractivity contribution is 6.11. The lowest BCUT2D eigenvalue weighted by atomic mass is 9.93. The Morgan fingerprint density at radius 3 is 2.69 bits per heavy atom. The molecule has 0 aromatic carbocycles. The molecule has 0 aliphatic carbocycles. The summed E-state index contributed by atoms with van der Waals surface area (Å²) in [7, 11) is 5.46. The van der Waals surface area contributed by atoms with E-state index in [1.54, 1.807) is 0 Å². The van der Waals surface area contributed by atoms with Crippen molar-refractivity contribution in [3.8, 4) is 0 Å². The lowest BCUT2D eigenvalue weighted by Crippen LogP contribution is -2.37. The Kier molecular flexibility index (Phi) is 4.11. The molecule has 1 unspecified atom stereocenters. The summed E-state index contributed by atoms with van der Waals surface area (Å²) in [5.41, 5.74) is 0. The minimum Gasteiger partial charge on any atom is -0.394 e. The first-order valence-electron chi connectivity index (χ1n) is 3.84. The molecule has 4 N–H and O–H groups in total. The summed E-state index contributed by atoms with van der Waals surface area (Å²) in [6, 6.07) is -0.776. The van der Waals surface area contributed by atoms with Crippen LogP contribution < -0.4 is 5.90 Å². The summed E-state index contributed by atoms with van der Waals surface area (Å²) in [5.74, 6) is 4.73. The Morgan fingerprint density at radius 1 is 1.54 bits per heavy atom. The van der Waals surface area contributed by atoms with E-state index in [4.69, 9.17) is 28.3 Å². The van der Waals surface area contributed by atoms with E-state index in [9.17, 15) is 5.11 Å². The number of aliphatic hydroxyl groups excluding tert-OH is 2.